The van der Waals surface area contributed by atoms with E-state index in [0.717, 1.165) is 7.11 Å². The summed E-state index contributed by atoms with van der Waals surface area (Å²) in [6.07, 6.45) is -2.65. The van der Waals surface area contributed by atoms with Crippen molar-refractivity contribution in [3.8, 4) is 12.3 Å². The van der Waals surface area contributed by atoms with Crippen LogP contribution in [-0.2, 0) is 19.4 Å². The average Bonchev–Trinajstić information content (AvgIpc) is 2.34. The van der Waals surface area contributed by atoms with E-state index in [0.29, 0.717) is 0 Å². The van der Waals surface area contributed by atoms with Crippen molar-refractivity contribution in [3.05, 3.63) is 0 Å². The Labute approximate surface area is 114 Å². The number of terminal acetylenes is 1. The quantitative estimate of drug-likeness (QED) is 0.312. The van der Waals surface area contributed by atoms with Gasteiger partial charge in [-0.25, -0.2) is 17.6 Å². The molecule has 0 aliphatic heterocycles. The van der Waals surface area contributed by atoms with Gasteiger partial charge < -0.3 is 4.74 Å². The molecule has 0 N–H and O–H groups in total. The Bertz CT molecular complexity index is 478. The summed E-state index contributed by atoms with van der Waals surface area (Å²) in [6, 6.07) is 0. The fraction of sp³-hybridized carbons (Fsp3) is 0.727. The number of ether oxygens (including phenoxy) is 1. The van der Waals surface area contributed by atoms with Crippen molar-refractivity contribution in [2.24, 2.45) is 0 Å². The highest BCUT2D eigenvalue weighted by Gasteiger charge is 2.52. The fourth-order valence-electron chi connectivity index (χ4n) is 1.37. The smallest absolute Gasteiger partial charge is 0.390 e. The Morgan fingerprint density at radius 2 is 1.80 bits per heavy atom. The van der Waals surface area contributed by atoms with Gasteiger partial charge in [0.25, 0.3) is 0 Å². The van der Waals surface area contributed by atoms with Gasteiger partial charge in [0.05, 0.1) is 19.3 Å². The highest BCUT2D eigenvalue weighted by atomic mass is 32.2. The van der Waals surface area contributed by atoms with Gasteiger partial charge in [0.2, 0.25) is 0 Å². The molecule has 1 unspecified atom stereocenters. The summed E-state index contributed by atoms with van der Waals surface area (Å²) in [5, 5.41) is -3.51. The van der Waals surface area contributed by atoms with Crippen LogP contribution in [0.4, 0.5) is 17.6 Å². The van der Waals surface area contributed by atoms with E-state index in [4.69, 9.17) is 6.42 Å². The standard InChI is InChI=1S/C11H14F4O4S/c1-3-4-5-6-10(12,9(16)19-2)20(17,18)8-7-11(13,14)15/h1H,4-8H2,2H3. The predicted molar refractivity (Wildman–Crippen MR) is 63.0 cm³/mol. The monoisotopic (exact) mass is 318 g/mol. The number of esters is 1. The molecule has 0 saturated heterocycles. The zero-order valence-electron chi connectivity index (χ0n) is 10.7. The van der Waals surface area contributed by atoms with Crippen LogP contribution in [0.5, 0.6) is 0 Å². The molecule has 0 bridgehead atoms. The van der Waals surface area contributed by atoms with Crippen LogP contribution in [0.3, 0.4) is 0 Å². The van der Waals surface area contributed by atoms with E-state index >= 15 is 0 Å². The minimum Gasteiger partial charge on any atom is -0.466 e. The summed E-state index contributed by atoms with van der Waals surface area (Å²) in [7, 11) is -4.23. The molecule has 0 aromatic carbocycles. The third-order valence-corrected chi connectivity index (χ3v) is 4.56. The molecular weight excluding hydrogens is 304 g/mol. The van der Waals surface area contributed by atoms with Crippen molar-refractivity contribution in [3.63, 3.8) is 0 Å². The Balaban J connectivity index is 5.20. The zero-order chi connectivity index (χ0) is 16.0. The van der Waals surface area contributed by atoms with E-state index in [1.165, 1.54) is 0 Å². The van der Waals surface area contributed by atoms with E-state index in [1.807, 2.05) is 0 Å². The molecule has 1 atom stereocenters. The van der Waals surface area contributed by atoms with Crippen LogP contribution in [-0.4, -0.2) is 38.4 Å². The number of methoxy groups -OCH3 is 1. The first-order chi connectivity index (χ1) is 9.00. The lowest BCUT2D eigenvalue weighted by atomic mass is 10.1. The van der Waals surface area contributed by atoms with Crippen molar-refractivity contribution >= 4 is 15.8 Å². The van der Waals surface area contributed by atoms with Crippen LogP contribution < -0.4 is 0 Å². The third kappa shape index (κ3) is 5.00. The highest BCUT2D eigenvalue weighted by Crippen LogP contribution is 2.31. The van der Waals surface area contributed by atoms with E-state index in [-0.39, 0.29) is 12.8 Å². The maximum Gasteiger partial charge on any atom is 0.390 e. The summed E-state index contributed by atoms with van der Waals surface area (Å²) in [6.45, 7) is 0. The van der Waals surface area contributed by atoms with Gasteiger partial charge in [0.15, 0.2) is 9.84 Å². The van der Waals surface area contributed by atoms with Crippen LogP contribution in [0.25, 0.3) is 0 Å². The van der Waals surface area contributed by atoms with Crippen molar-refractivity contribution in [1.29, 1.82) is 0 Å². The van der Waals surface area contributed by atoms with Crippen LogP contribution in [0.1, 0.15) is 25.7 Å². The van der Waals surface area contributed by atoms with E-state index in [9.17, 15) is 30.8 Å². The highest BCUT2D eigenvalue weighted by molar-refractivity contribution is 7.93. The van der Waals surface area contributed by atoms with Crippen LogP contribution in [0, 0.1) is 12.3 Å². The van der Waals surface area contributed by atoms with Gasteiger partial charge in [-0.3, -0.25) is 0 Å². The van der Waals surface area contributed by atoms with Gasteiger partial charge in [-0.15, -0.1) is 12.3 Å². The molecule has 0 spiro atoms. The van der Waals surface area contributed by atoms with Crippen molar-refractivity contribution < 1.29 is 35.5 Å². The van der Waals surface area contributed by atoms with Gasteiger partial charge >= 0.3 is 17.1 Å². The first kappa shape index (κ1) is 18.7. The van der Waals surface area contributed by atoms with Gasteiger partial charge in [-0.05, 0) is 6.42 Å². The molecule has 116 valence electrons. The second-order valence-corrected chi connectivity index (χ2v) is 6.25. The number of sulfone groups is 1. The Morgan fingerprint density at radius 3 is 2.20 bits per heavy atom. The molecule has 0 amide bonds. The number of halogens is 4. The molecule has 0 fully saturated rings. The molecule has 4 nitrogen and oxygen atoms in total. The molecule has 0 aliphatic carbocycles. The summed E-state index contributed by atoms with van der Waals surface area (Å²) >= 11 is 0. The molecule has 0 rings (SSSR count). The summed E-state index contributed by atoms with van der Waals surface area (Å²) in [5.74, 6) is -1.16. The number of hydrogen-bond acceptors (Lipinski definition) is 4. The lowest BCUT2D eigenvalue weighted by Gasteiger charge is -2.22. The SMILES string of the molecule is C#CCCCC(F)(C(=O)OC)S(=O)(=O)CCC(F)(F)F. The largest absolute Gasteiger partial charge is 0.466 e. The fourth-order valence-corrected chi connectivity index (χ4v) is 2.98. The zero-order valence-corrected chi connectivity index (χ0v) is 11.5. The molecule has 0 heterocycles. The maximum atomic E-state index is 14.4. The molecular formula is C11H14F4O4S. The lowest BCUT2D eigenvalue weighted by molar-refractivity contribution is -0.149. The van der Waals surface area contributed by atoms with Crippen molar-refractivity contribution in [2.45, 2.75) is 36.9 Å². The first-order valence-corrected chi connectivity index (χ1v) is 7.15. The number of alkyl halides is 4. The summed E-state index contributed by atoms with van der Waals surface area (Å²) in [4.78, 5) is 11.3. The molecule has 0 aromatic heterocycles. The third-order valence-electron chi connectivity index (χ3n) is 2.46. The summed E-state index contributed by atoms with van der Waals surface area (Å²) in [5.41, 5.74) is 0. The minimum atomic E-state index is -4.98. The molecule has 0 saturated carbocycles. The molecule has 0 aromatic rings. The topological polar surface area (TPSA) is 60.4 Å². The molecule has 0 aliphatic rings. The van der Waals surface area contributed by atoms with Crippen LogP contribution in [0.15, 0.2) is 0 Å². The van der Waals surface area contributed by atoms with E-state index in [1.54, 1.807) is 0 Å². The molecule has 9 heteroatoms. The van der Waals surface area contributed by atoms with E-state index in [2.05, 4.69) is 10.7 Å². The summed E-state index contributed by atoms with van der Waals surface area (Å²) < 4.78 is 77.8. The first-order valence-electron chi connectivity index (χ1n) is 5.50. The minimum absolute atomic E-state index is 0.0164. The number of hydrogen-bond donors (Lipinski definition) is 0. The van der Waals surface area contributed by atoms with Crippen molar-refractivity contribution in [2.75, 3.05) is 12.9 Å². The molecule has 20 heavy (non-hydrogen) atoms. The van der Waals surface area contributed by atoms with Gasteiger partial charge in [-0.1, -0.05) is 0 Å². The number of unbranched alkanes of at least 4 members (excludes halogenated alkanes) is 1. The Hall–Kier alpha value is -1.30. The maximum absolute atomic E-state index is 14.4. The van der Waals surface area contributed by atoms with Gasteiger partial charge in [0, 0.05) is 12.8 Å². The Kier molecular flexibility index (Phi) is 6.47. The van der Waals surface area contributed by atoms with Crippen LogP contribution >= 0.6 is 0 Å². The number of carbonyl (C=O) groups is 1. The number of rotatable bonds is 7. The second-order valence-electron chi connectivity index (χ2n) is 3.96. The normalized spacial score (nSPS) is 15.2. The Morgan fingerprint density at radius 1 is 1.25 bits per heavy atom. The van der Waals surface area contributed by atoms with Crippen LogP contribution in [0.2, 0.25) is 0 Å². The van der Waals surface area contributed by atoms with Crippen molar-refractivity contribution in [1.82, 2.24) is 0 Å². The second kappa shape index (κ2) is 6.92. The van der Waals surface area contributed by atoms with Gasteiger partial charge in [-0.2, -0.15) is 13.2 Å². The van der Waals surface area contributed by atoms with Gasteiger partial charge in [0.1, 0.15) is 0 Å². The lowest BCUT2D eigenvalue weighted by Crippen LogP contribution is -2.45. The average molecular weight is 318 g/mol. The number of carbonyl (C=O) groups excluding carboxylic acids is 1. The predicted octanol–water partition coefficient (Wildman–Crippen LogP) is 2.00. The van der Waals surface area contributed by atoms with E-state index < -0.39 is 45.6 Å². The molecule has 0 radical (unpaired) electrons.